The van der Waals surface area contributed by atoms with E-state index in [1.165, 1.54) is 0 Å². The number of para-hydroxylation sites is 1. The molecule has 0 radical (unpaired) electrons. The first-order valence-electron chi connectivity index (χ1n) is 7.94. The third kappa shape index (κ3) is 3.33. The van der Waals surface area contributed by atoms with Crippen molar-refractivity contribution in [3.8, 4) is 23.3 Å². The molecule has 2 aromatic rings. The number of Topliss-reactive ketones (excluding diaryl/α,β-unsaturated/α-hetero) is 1. The topological polar surface area (TPSA) is 68.6 Å². The van der Waals surface area contributed by atoms with Gasteiger partial charge >= 0.3 is 0 Å². The van der Waals surface area contributed by atoms with Crippen LogP contribution in [0.1, 0.15) is 28.4 Å². The summed E-state index contributed by atoms with van der Waals surface area (Å²) in [5.41, 5.74) is 2.04. The van der Waals surface area contributed by atoms with E-state index in [1.54, 1.807) is 18.2 Å². The average Bonchev–Trinajstić information content (AvgIpc) is 2.91. The molecule has 0 N–H and O–H groups in total. The third-order valence-corrected chi connectivity index (χ3v) is 3.75. The molecule has 0 saturated carbocycles. The number of carbonyl (C=O) groups is 1. The summed E-state index contributed by atoms with van der Waals surface area (Å²) in [6.07, 6.45) is 1.68. The molecule has 0 atom stereocenters. The Morgan fingerprint density at radius 3 is 2.80 bits per heavy atom. The number of fused-ring (bicyclic) bond motifs is 1. The van der Waals surface area contributed by atoms with Gasteiger partial charge in [-0.25, -0.2) is 0 Å². The number of hydrogen-bond acceptors (Lipinski definition) is 5. The van der Waals surface area contributed by atoms with Crippen molar-refractivity contribution in [1.82, 2.24) is 0 Å². The minimum Gasteiger partial charge on any atom is -0.493 e. The molecule has 1 aliphatic heterocycles. The van der Waals surface area contributed by atoms with Crippen LogP contribution < -0.4 is 14.2 Å². The third-order valence-electron chi connectivity index (χ3n) is 3.75. The zero-order valence-corrected chi connectivity index (χ0v) is 14.0. The van der Waals surface area contributed by atoms with Gasteiger partial charge in [0.05, 0.1) is 12.2 Å². The second-order valence-corrected chi connectivity index (χ2v) is 5.47. The van der Waals surface area contributed by atoms with Gasteiger partial charge in [0.25, 0.3) is 0 Å². The number of benzene rings is 2. The lowest BCUT2D eigenvalue weighted by molar-refractivity contribution is 0.101. The fourth-order valence-electron chi connectivity index (χ4n) is 2.70. The van der Waals surface area contributed by atoms with Crippen LogP contribution in [0.4, 0.5) is 0 Å². The fourth-order valence-corrected chi connectivity index (χ4v) is 2.70. The van der Waals surface area contributed by atoms with Gasteiger partial charge in [-0.3, -0.25) is 4.79 Å². The van der Waals surface area contributed by atoms with Crippen LogP contribution in [0.25, 0.3) is 6.08 Å². The van der Waals surface area contributed by atoms with Crippen LogP contribution in [0, 0.1) is 18.3 Å². The van der Waals surface area contributed by atoms with Gasteiger partial charge in [-0.1, -0.05) is 18.2 Å². The van der Waals surface area contributed by atoms with E-state index >= 15 is 0 Å². The zero-order chi connectivity index (χ0) is 17.8. The number of ketones is 1. The molecule has 5 nitrogen and oxygen atoms in total. The molecule has 25 heavy (non-hydrogen) atoms. The van der Waals surface area contributed by atoms with Crippen LogP contribution in [0.15, 0.2) is 42.2 Å². The molecule has 0 spiro atoms. The number of hydrogen-bond donors (Lipinski definition) is 0. The fraction of sp³-hybridized carbons (Fsp3) is 0.200. The van der Waals surface area contributed by atoms with Gasteiger partial charge in [-0.15, -0.1) is 0 Å². The largest absolute Gasteiger partial charge is 0.493 e. The van der Waals surface area contributed by atoms with Gasteiger partial charge < -0.3 is 14.2 Å². The van der Waals surface area contributed by atoms with Crippen LogP contribution in [0.5, 0.6) is 17.2 Å². The van der Waals surface area contributed by atoms with Crippen molar-refractivity contribution in [3.63, 3.8) is 0 Å². The summed E-state index contributed by atoms with van der Waals surface area (Å²) in [6, 6.07) is 12.7. The summed E-state index contributed by atoms with van der Waals surface area (Å²) < 4.78 is 16.6. The van der Waals surface area contributed by atoms with E-state index in [0.29, 0.717) is 29.4 Å². The van der Waals surface area contributed by atoms with E-state index in [9.17, 15) is 4.79 Å². The monoisotopic (exact) mass is 335 g/mol. The van der Waals surface area contributed by atoms with Crippen molar-refractivity contribution in [2.75, 3.05) is 13.2 Å². The van der Waals surface area contributed by atoms with Crippen molar-refractivity contribution in [2.24, 2.45) is 0 Å². The standard InChI is InChI=1S/C20H17NO4/c1-3-23-16-7-5-4-6-14(16)11-18-20(22)19-13(2)10-15(24-9-8-21)12-17(19)25-18/h4-7,10-12H,3,9H2,1-2H3/b18-11-. The van der Waals surface area contributed by atoms with E-state index in [-0.39, 0.29) is 18.1 Å². The van der Waals surface area contributed by atoms with Crippen molar-refractivity contribution in [1.29, 1.82) is 5.26 Å². The summed E-state index contributed by atoms with van der Waals surface area (Å²) in [5, 5.41) is 8.63. The maximum absolute atomic E-state index is 12.7. The van der Waals surface area contributed by atoms with Crippen LogP contribution in [0.2, 0.25) is 0 Å². The van der Waals surface area contributed by atoms with E-state index in [4.69, 9.17) is 19.5 Å². The highest BCUT2D eigenvalue weighted by Crippen LogP contribution is 2.38. The van der Waals surface area contributed by atoms with Gasteiger partial charge in [0.2, 0.25) is 5.78 Å². The van der Waals surface area contributed by atoms with Gasteiger partial charge in [0.15, 0.2) is 12.4 Å². The Morgan fingerprint density at radius 1 is 1.24 bits per heavy atom. The van der Waals surface area contributed by atoms with E-state index in [0.717, 1.165) is 11.1 Å². The van der Waals surface area contributed by atoms with Gasteiger partial charge in [0.1, 0.15) is 23.3 Å². The van der Waals surface area contributed by atoms with Crippen molar-refractivity contribution < 1.29 is 19.0 Å². The number of nitriles is 1. The van der Waals surface area contributed by atoms with Gasteiger partial charge in [0, 0.05) is 11.6 Å². The average molecular weight is 335 g/mol. The molecule has 0 unspecified atom stereocenters. The van der Waals surface area contributed by atoms with Crippen LogP contribution in [-0.2, 0) is 0 Å². The van der Waals surface area contributed by atoms with Gasteiger partial charge in [-0.05, 0) is 37.6 Å². The molecule has 0 saturated heterocycles. The molecule has 2 aromatic carbocycles. The Hall–Kier alpha value is -3.26. The Bertz CT molecular complexity index is 893. The predicted octanol–water partition coefficient (Wildman–Crippen LogP) is 3.91. The molecule has 3 rings (SSSR count). The Morgan fingerprint density at radius 2 is 2.04 bits per heavy atom. The van der Waals surface area contributed by atoms with Crippen LogP contribution >= 0.6 is 0 Å². The molecule has 126 valence electrons. The quantitative estimate of drug-likeness (QED) is 0.775. The molecule has 1 heterocycles. The summed E-state index contributed by atoms with van der Waals surface area (Å²) in [6.45, 7) is 4.20. The summed E-state index contributed by atoms with van der Waals surface area (Å²) >= 11 is 0. The van der Waals surface area contributed by atoms with E-state index in [2.05, 4.69) is 0 Å². The molecular weight excluding hydrogens is 318 g/mol. The molecular formula is C20H17NO4. The number of ether oxygens (including phenoxy) is 3. The molecule has 0 bridgehead atoms. The summed E-state index contributed by atoms with van der Waals surface area (Å²) in [7, 11) is 0. The summed E-state index contributed by atoms with van der Waals surface area (Å²) in [5.74, 6) is 1.70. The maximum atomic E-state index is 12.7. The second kappa shape index (κ2) is 7.10. The highest BCUT2D eigenvalue weighted by atomic mass is 16.5. The highest BCUT2D eigenvalue weighted by Gasteiger charge is 2.30. The molecule has 1 aliphatic rings. The maximum Gasteiger partial charge on any atom is 0.232 e. The van der Waals surface area contributed by atoms with Gasteiger partial charge in [-0.2, -0.15) is 5.26 Å². The lowest BCUT2D eigenvalue weighted by Crippen LogP contribution is -2.01. The first kappa shape index (κ1) is 16.6. The minimum absolute atomic E-state index is 0.0589. The van der Waals surface area contributed by atoms with Crippen LogP contribution in [0.3, 0.4) is 0 Å². The zero-order valence-electron chi connectivity index (χ0n) is 14.0. The number of carbonyl (C=O) groups excluding carboxylic acids is 1. The minimum atomic E-state index is -0.175. The van der Waals surface area contributed by atoms with E-state index < -0.39 is 0 Å². The first-order chi connectivity index (χ1) is 12.1. The molecule has 0 fully saturated rings. The number of nitrogens with zero attached hydrogens (tertiary/aromatic N) is 1. The number of rotatable bonds is 5. The number of aryl methyl sites for hydroxylation is 1. The highest BCUT2D eigenvalue weighted by molar-refractivity contribution is 6.15. The SMILES string of the molecule is CCOc1ccccc1/C=C1\Oc2cc(OCC#N)cc(C)c2C1=O. The number of allylic oxidation sites excluding steroid dienone is 1. The molecule has 5 heteroatoms. The van der Waals surface area contributed by atoms with Crippen molar-refractivity contribution in [2.45, 2.75) is 13.8 Å². The Balaban J connectivity index is 1.95. The van der Waals surface area contributed by atoms with E-state index in [1.807, 2.05) is 44.2 Å². The lowest BCUT2D eigenvalue weighted by atomic mass is 10.0. The van der Waals surface area contributed by atoms with Crippen LogP contribution in [-0.4, -0.2) is 19.0 Å². The van der Waals surface area contributed by atoms with Crippen molar-refractivity contribution in [3.05, 3.63) is 58.8 Å². The lowest BCUT2D eigenvalue weighted by Gasteiger charge is -2.07. The molecule has 0 aromatic heterocycles. The summed E-state index contributed by atoms with van der Waals surface area (Å²) in [4.78, 5) is 12.7. The Kier molecular flexibility index (Phi) is 4.71. The first-order valence-corrected chi connectivity index (χ1v) is 7.94. The predicted molar refractivity (Wildman–Crippen MR) is 92.8 cm³/mol. The molecule has 0 amide bonds. The molecule has 0 aliphatic carbocycles. The second-order valence-electron chi connectivity index (χ2n) is 5.47. The van der Waals surface area contributed by atoms with Crippen molar-refractivity contribution >= 4 is 11.9 Å². The Labute approximate surface area is 146 Å². The smallest absolute Gasteiger partial charge is 0.232 e. The normalized spacial score (nSPS) is 14.0.